The molecule has 12 nitrogen and oxygen atoms in total. The standard InChI is InChI=1S/C17H14F7N5O.C16H17F3N6.C2H6/c1-15(2,30)13(8-3-4-9(10(18)5-8)16(19,20)21)28-12-6-11(17(22,23)24)27-14-25-7-26-29(12)14;1-9(2)14(12-5-4-11(7-20-12)16(17,18)19)24-13-6-10(3)23-15-21-8-22-25(13)15;1-2/h3-7,13,28,30H,1-2H3;4-9,14,24H,1-3H3;1-2H3. The summed E-state index contributed by atoms with van der Waals surface area (Å²) in [7, 11) is 0. The summed E-state index contributed by atoms with van der Waals surface area (Å²) in [4.78, 5) is 19.3. The van der Waals surface area contributed by atoms with Crippen molar-refractivity contribution in [2.75, 3.05) is 10.6 Å². The first-order valence-electron chi connectivity index (χ1n) is 17.0. The number of alkyl halides is 9. The molecule has 5 aromatic heterocycles. The van der Waals surface area contributed by atoms with Gasteiger partial charge in [-0.15, -0.1) is 0 Å². The predicted molar refractivity (Wildman–Crippen MR) is 187 cm³/mol. The molecule has 6 aromatic rings. The van der Waals surface area contributed by atoms with Crippen molar-refractivity contribution in [2.24, 2.45) is 5.92 Å². The lowest BCUT2D eigenvalue weighted by Gasteiger charge is -2.31. The number of benzene rings is 1. The van der Waals surface area contributed by atoms with Gasteiger partial charge in [-0.25, -0.2) is 14.4 Å². The number of nitrogens with zero attached hydrogens (tertiary/aromatic N) is 9. The lowest BCUT2D eigenvalue weighted by atomic mass is 9.91. The fraction of sp³-hybridized carbons (Fsp3) is 0.400. The second-order valence-electron chi connectivity index (χ2n) is 13.1. The summed E-state index contributed by atoms with van der Waals surface area (Å²) in [6.07, 6.45) is -11.0. The molecule has 0 bridgehead atoms. The molecule has 0 aliphatic carbocycles. The zero-order chi connectivity index (χ0) is 42.7. The minimum absolute atomic E-state index is 0.0799. The molecular formula is C35H37F10N11O. The topological polar surface area (TPSA) is 143 Å². The van der Waals surface area contributed by atoms with Crippen LogP contribution in [0.1, 0.15) is 87.4 Å². The summed E-state index contributed by atoms with van der Waals surface area (Å²) < 4.78 is 133. The van der Waals surface area contributed by atoms with Crippen LogP contribution in [-0.4, -0.2) is 54.9 Å². The van der Waals surface area contributed by atoms with Crippen molar-refractivity contribution in [1.29, 1.82) is 0 Å². The minimum Gasteiger partial charge on any atom is -0.388 e. The van der Waals surface area contributed by atoms with E-state index in [2.05, 4.69) is 45.8 Å². The quantitative estimate of drug-likeness (QED) is 0.128. The molecule has 5 heterocycles. The average Bonchev–Trinajstić information content (AvgIpc) is 3.79. The van der Waals surface area contributed by atoms with E-state index in [-0.39, 0.29) is 23.3 Å². The third-order valence-electron chi connectivity index (χ3n) is 7.96. The highest BCUT2D eigenvalue weighted by atomic mass is 19.4. The maximum Gasteiger partial charge on any atom is 0.433 e. The normalized spacial score (nSPS) is 13.5. The van der Waals surface area contributed by atoms with E-state index in [1.807, 2.05) is 34.6 Å². The number of halogens is 10. The molecule has 6 rings (SSSR count). The van der Waals surface area contributed by atoms with Gasteiger partial charge < -0.3 is 15.7 Å². The fourth-order valence-electron chi connectivity index (χ4n) is 5.35. The fourth-order valence-corrected chi connectivity index (χ4v) is 5.35. The summed E-state index contributed by atoms with van der Waals surface area (Å²) in [5.41, 5.74) is -4.18. The van der Waals surface area contributed by atoms with Crippen molar-refractivity contribution in [3.8, 4) is 0 Å². The number of aliphatic hydroxyl groups is 1. The first-order valence-corrected chi connectivity index (χ1v) is 17.0. The lowest BCUT2D eigenvalue weighted by molar-refractivity contribution is -0.141. The molecule has 0 fully saturated rings. The molecule has 2 unspecified atom stereocenters. The van der Waals surface area contributed by atoms with Gasteiger partial charge in [0.1, 0.15) is 30.1 Å². The van der Waals surface area contributed by atoms with Crippen molar-refractivity contribution in [2.45, 2.75) is 84.7 Å². The summed E-state index contributed by atoms with van der Waals surface area (Å²) in [5.74, 6) is -1.12. The highest BCUT2D eigenvalue weighted by Gasteiger charge is 2.38. The molecule has 2 atom stereocenters. The van der Waals surface area contributed by atoms with E-state index < -0.39 is 58.6 Å². The van der Waals surface area contributed by atoms with Gasteiger partial charge in [0, 0.05) is 24.0 Å². The van der Waals surface area contributed by atoms with Gasteiger partial charge in [0.25, 0.3) is 11.6 Å². The zero-order valence-corrected chi connectivity index (χ0v) is 31.3. The number of hydrogen-bond acceptors (Lipinski definition) is 10. The number of aryl methyl sites for hydroxylation is 1. The van der Waals surface area contributed by atoms with E-state index in [1.54, 1.807) is 10.6 Å². The van der Waals surface area contributed by atoms with Gasteiger partial charge in [0.2, 0.25) is 0 Å². The molecule has 0 aliphatic heterocycles. The predicted octanol–water partition coefficient (Wildman–Crippen LogP) is 8.91. The van der Waals surface area contributed by atoms with Crippen molar-refractivity contribution in [3.05, 3.63) is 101 Å². The van der Waals surface area contributed by atoms with Gasteiger partial charge in [-0.2, -0.15) is 68.7 Å². The van der Waals surface area contributed by atoms with Gasteiger partial charge in [-0.3, -0.25) is 4.98 Å². The third-order valence-corrected chi connectivity index (χ3v) is 7.96. The van der Waals surface area contributed by atoms with Crippen LogP contribution in [0.3, 0.4) is 0 Å². The summed E-state index contributed by atoms with van der Waals surface area (Å²) in [5, 5.41) is 24.2. The van der Waals surface area contributed by atoms with Crippen molar-refractivity contribution < 1.29 is 49.0 Å². The van der Waals surface area contributed by atoms with E-state index in [1.165, 1.54) is 26.2 Å². The van der Waals surface area contributed by atoms with E-state index in [0.29, 0.717) is 35.5 Å². The molecule has 0 aliphatic rings. The zero-order valence-electron chi connectivity index (χ0n) is 31.3. The molecule has 0 radical (unpaired) electrons. The van der Waals surface area contributed by atoms with Crippen LogP contribution < -0.4 is 10.6 Å². The van der Waals surface area contributed by atoms with Crippen LogP contribution in [0.4, 0.5) is 55.5 Å². The number of rotatable bonds is 8. The first kappa shape index (κ1) is 44.0. The average molecular weight is 818 g/mol. The molecular weight excluding hydrogens is 780 g/mol. The van der Waals surface area contributed by atoms with E-state index in [0.717, 1.165) is 34.9 Å². The van der Waals surface area contributed by atoms with Gasteiger partial charge in [-0.05, 0) is 56.5 Å². The molecule has 0 spiro atoms. The van der Waals surface area contributed by atoms with Crippen molar-refractivity contribution in [1.82, 2.24) is 44.1 Å². The highest BCUT2D eigenvalue weighted by molar-refractivity contribution is 5.49. The number of aromatic nitrogens is 9. The second-order valence-corrected chi connectivity index (χ2v) is 13.1. The van der Waals surface area contributed by atoms with Gasteiger partial charge in [0.05, 0.1) is 34.5 Å². The van der Waals surface area contributed by atoms with Crippen LogP contribution in [0.15, 0.2) is 61.3 Å². The summed E-state index contributed by atoms with van der Waals surface area (Å²) >= 11 is 0. The first-order chi connectivity index (χ1) is 26.4. The highest BCUT2D eigenvalue weighted by Crippen LogP contribution is 2.37. The van der Waals surface area contributed by atoms with E-state index >= 15 is 0 Å². The number of nitrogens with one attached hydrogen (secondary N) is 2. The van der Waals surface area contributed by atoms with E-state index in [4.69, 9.17) is 0 Å². The smallest absolute Gasteiger partial charge is 0.388 e. The Morgan fingerprint density at radius 2 is 1.28 bits per heavy atom. The van der Waals surface area contributed by atoms with Gasteiger partial charge in [-0.1, -0.05) is 33.8 Å². The molecule has 0 amide bonds. The van der Waals surface area contributed by atoms with Crippen LogP contribution >= 0.6 is 0 Å². The SMILES string of the molecule is CC.CC(C)(O)C(Nc1cc(C(F)(F)F)nc2ncnn12)c1ccc(C(F)(F)F)c(F)c1.Cc1cc(NC(c2ccc(C(F)(F)F)cn2)C(C)C)n2ncnc2n1. The number of anilines is 2. The molecule has 1 aromatic carbocycles. The third kappa shape index (κ3) is 10.6. The Morgan fingerprint density at radius 3 is 1.75 bits per heavy atom. The van der Waals surface area contributed by atoms with Crippen LogP contribution in [0.2, 0.25) is 0 Å². The van der Waals surface area contributed by atoms with Crippen molar-refractivity contribution >= 4 is 23.2 Å². The maximum atomic E-state index is 14.0. The Balaban J connectivity index is 0.000000246. The molecule has 3 N–H and O–H groups in total. The van der Waals surface area contributed by atoms with Gasteiger partial charge in [0.15, 0.2) is 5.69 Å². The van der Waals surface area contributed by atoms with Crippen LogP contribution in [-0.2, 0) is 18.5 Å². The van der Waals surface area contributed by atoms with Crippen LogP contribution in [0.5, 0.6) is 0 Å². The van der Waals surface area contributed by atoms with E-state index in [9.17, 15) is 49.0 Å². The summed E-state index contributed by atoms with van der Waals surface area (Å²) in [6, 6.07) is 5.21. The Labute approximate surface area is 318 Å². The maximum absolute atomic E-state index is 14.0. The Bertz CT molecular complexity index is 2260. The van der Waals surface area contributed by atoms with Crippen molar-refractivity contribution in [3.63, 3.8) is 0 Å². The summed E-state index contributed by atoms with van der Waals surface area (Å²) in [6.45, 7) is 12.3. The molecule has 0 saturated heterocycles. The molecule has 22 heteroatoms. The lowest BCUT2D eigenvalue weighted by Crippen LogP contribution is -2.35. The molecule has 57 heavy (non-hydrogen) atoms. The van der Waals surface area contributed by atoms with Crippen LogP contribution in [0, 0.1) is 18.7 Å². The molecule has 0 saturated carbocycles. The van der Waals surface area contributed by atoms with Gasteiger partial charge >= 0.3 is 18.5 Å². The van der Waals surface area contributed by atoms with Crippen LogP contribution in [0.25, 0.3) is 11.6 Å². The number of pyridine rings is 1. The minimum atomic E-state index is -4.93. The number of hydrogen-bond donors (Lipinski definition) is 3. The Morgan fingerprint density at radius 1 is 0.702 bits per heavy atom. The monoisotopic (exact) mass is 817 g/mol. The second kappa shape index (κ2) is 16.8. The molecule has 308 valence electrons. The Hall–Kier alpha value is -5.67. The number of fused-ring (bicyclic) bond motifs is 2. The largest absolute Gasteiger partial charge is 0.433 e. The Kier molecular flexibility index (Phi) is 13.0.